The minimum absolute atomic E-state index is 0.0454. The van der Waals surface area contributed by atoms with Crippen LogP contribution in [-0.4, -0.2) is 18.8 Å². The van der Waals surface area contributed by atoms with E-state index in [0.717, 1.165) is 30.4 Å². The minimum atomic E-state index is -0.201. The minimum Gasteiger partial charge on any atom is -0.377 e. The van der Waals surface area contributed by atoms with Crippen LogP contribution in [0.5, 0.6) is 0 Å². The third-order valence-electron chi connectivity index (χ3n) is 3.36. The predicted octanol–water partition coefficient (Wildman–Crippen LogP) is 2.71. The van der Waals surface area contributed by atoms with Crippen molar-refractivity contribution in [2.75, 3.05) is 6.61 Å². The number of rotatable bonds is 8. The molecule has 0 saturated heterocycles. The number of hydrogen-bond donors (Lipinski definition) is 2. The highest BCUT2D eigenvalue weighted by Crippen LogP contribution is 2.16. The standard InChI is InChI=1S/C15H25FN2O/c1-4-6-15(19-5-2)14(18-17)10-12-7-8-13(16)9-11(12)3/h7-9,14-15,18H,4-6,10,17H2,1-3H3. The third-order valence-corrected chi connectivity index (χ3v) is 3.36. The summed E-state index contributed by atoms with van der Waals surface area (Å²) < 4.78 is 18.9. The Kier molecular flexibility index (Phi) is 6.99. The highest BCUT2D eigenvalue weighted by Gasteiger charge is 2.21. The summed E-state index contributed by atoms with van der Waals surface area (Å²) in [6.07, 6.45) is 2.84. The van der Waals surface area contributed by atoms with Crippen LogP contribution in [0.2, 0.25) is 0 Å². The van der Waals surface area contributed by atoms with Crippen molar-refractivity contribution in [1.29, 1.82) is 0 Å². The molecule has 1 rings (SSSR count). The zero-order chi connectivity index (χ0) is 14.3. The maximum Gasteiger partial charge on any atom is 0.123 e. The van der Waals surface area contributed by atoms with Crippen LogP contribution in [-0.2, 0) is 11.2 Å². The first-order valence-electron chi connectivity index (χ1n) is 6.95. The van der Waals surface area contributed by atoms with Crippen molar-refractivity contribution in [3.63, 3.8) is 0 Å². The lowest BCUT2D eigenvalue weighted by molar-refractivity contribution is 0.0281. The Hall–Kier alpha value is -0.970. The van der Waals surface area contributed by atoms with E-state index in [2.05, 4.69) is 12.3 Å². The van der Waals surface area contributed by atoms with Gasteiger partial charge < -0.3 is 4.74 Å². The summed E-state index contributed by atoms with van der Waals surface area (Å²) in [6, 6.07) is 4.91. The summed E-state index contributed by atoms with van der Waals surface area (Å²) in [7, 11) is 0. The third kappa shape index (κ3) is 4.90. The molecule has 2 atom stereocenters. The van der Waals surface area contributed by atoms with Gasteiger partial charge >= 0.3 is 0 Å². The van der Waals surface area contributed by atoms with E-state index < -0.39 is 0 Å². The maximum absolute atomic E-state index is 13.1. The van der Waals surface area contributed by atoms with Crippen molar-refractivity contribution < 1.29 is 9.13 Å². The van der Waals surface area contributed by atoms with Gasteiger partial charge in [0, 0.05) is 6.61 Å². The van der Waals surface area contributed by atoms with Gasteiger partial charge in [0.2, 0.25) is 0 Å². The second kappa shape index (κ2) is 8.25. The van der Waals surface area contributed by atoms with Crippen molar-refractivity contribution in [1.82, 2.24) is 5.43 Å². The zero-order valence-electron chi connectivity index (χ0n) is 12.1. The maximum atomic E-state index is 13.1. The molecule has 0 aromatic heterocycles. The molecule has 0 heterocycles. The average Bonchev–Trinajstić information content (AvgIpc) is 2.38. The lowest BCUT2D eigenvalue weighted by Gasteiger charge is -2.27. The molecule has 0 amide bonds. The fourth-order valence-electron chi connectivity index (χ4n) is 2.32. The van der Waals surface area contributed by atoms with Gasteiger partial charge in [0.25, 0.3) is 0 Å². The van der Waals surface area contributed by atoms with Gasteiger partial charge in [-0.2, -0.15) is 0 Å². The normalized spacial score (nSPS) is 14.4. The van der Waals surface area contributed by atoms with Crippen LogP contribution in [0.1, 0.15) is 37.8 Å². The van der Waals surface area contributed by atoms with Gasteiger partial charge in [-0.3, -0.25) is 11.3 Å². The number of ether oxygens (including phenoxy) is 1. The smallest absolute Gasteiger partial charge is 0.123 e. The highest BCUT2D eigenvalue weighted by atomic mass is 19.1. The fraction of sp³-hybridized carbons (Fsp3) is 0.600. The first-order chi connectivity index (χ1) is 9.12. The van der Waals surface area contributed by atoms with E-state index >= 15 is 0 Å². The molecule has 0 aliphatic carbocycles. The average molecular weight is 268 g/mol. The van der Waals surface area contributed by atoms with Crippen LogP contribution < -0.4 is 11.3 Å². The van der Waals surface area contributed by atoms with E-state index in [1.807, 2.05) is 19.9 Å². The summed E-state index contributed by atoms with van der Waals surface area (Å²) in [4.78, 5) is 0. The number of halogens is 1. The Bertz CT molecular complexity index is 378. The van der Waals surface area contributed by atoms with Gasteiger partial charge in [-0.15, -0.1) is 0 Å². The predicted molar refractivity (Wildman–Crippen MR) is 76.3 cm³/mol. The van der Waals surface area contributed by atoms with Crippen LogP contribution in [0, 0.1) is 12.7 Å². The van der Waals surface area contributed by atoms with Crippen molar-refractivity contribution >= 4 is 0 Å². The highest BCUT2D eigenvalue weighted by molar-refractivity contribution is 5.27. The van der Waals surface area contributed by atoms with E-state index in [-0.39, 0.29) is 18.0 Å². The Morgan fingerprint density at radius 3 is 2.63 bits per heavy atom. The Morgan fingerprint density at radius 2 is 2.11 bits per heavy atom. The van der Waals surface area contributed by atoms with Crippen molar-refractivity contribution in [2.45, 2.75) is 52.2 Å². The lowest BCUT2D eigenvalue weighted by atomic mass is 9.96. The number of aryl methyl sites for hydroxylation is 1. The second-order valence-electron chi connectivity index (χ2n) is 4.83. The molecule has 0 fully saturated rings. The van der Waals surface area contributed by atoms with Crippen molar-refractivity contribution in [3.05, 3.63) is 35.1 Å². The van der Waals surface area contributed by atoms with Crippen LogP contribution >= 0.6 is 0 Å². The van der Waals surface area contributed by atoms with Gasteiger partial charge in [-0.1, -0.05) is 19.4 Å². The zero-order valence-corrected chi connectivity index (χ0v) is 12.1. The molecule has 4 heteroatoms. The molecule has 3 nitrogen and oxygen atoms in total. The topological polar surface area (TPSA) is 47.3 Å². The van der Waals surface area contributed by atoms with Crippen molar-refractivity contribution in [2.24, 2.45) is 5.84 Å². The quantitative estimate of drug-likeness (QED) is 0.563. The molecule has 0 bridgehead atoms. The van der Waals surface area contributed by atoms with Crippen LogP contribution in [0.4, 0.5) is 4.39 Å². The summed E-state index contributed by atoms with van der Waals surface area (Å²) in [5.74, 6) is 5.46. The molecule has 3 N–H and O–H groups in total. The van der Waals surface area contributed by atoms with Crippen molar-refractivity contribution in [3.8, 4) is 0 Å². The summed E-state index contributed by atoms with van der Waals surface area (Å²) in [6.45, 7) is 6.70. The number of benzene rings is 1. The number of hydrogen-bond acceptors (Lipinski definition) is 3. The van der Waals surface area contributed by atoms with Crippen LogP contribution in [0.3, 0.4) is 0 Å². The van der Waals surface area contributed by atoms with Gasteiger partial charge in [-0.05, 0) is 49.9 Å². The van der Waals surface area contributed by atoms with E-state index in [1.54, 1.807) is 6.07 Å². The first-order valence-corrected chi connectivity index (χ1v) is 6.95. The Morgan fingerprint density at radius 1 is 1.37 bits per heavy atom. The molecule has 0 spiro atoms. The molecule has 0 aliphatic heterocycles. The van der Waals surface area contributed by atoms with Gasteiger partial charge in [-0.25, -0.2) is 4.39 Å². The Balaban J connectivity index is 2.78. The molecule has 108 valence electrons. The number of nitrogens with one attached hydrogen (secondary N) is 1. The number of nitrogens with two attached hydrogens (primary N) is 1. The summed E-state index contributed by atoms with van der Waals surface area (Å²) in [5, 5.41) is 0. The molecule has 0 saturated carbocycles. The summed E-state index contributed by atoms with van der Waals surface area (Å²) >= 11 is 0. The molecule has 2 unspecified atom stereocenters. The van der Waals surface area contributed by atoms with Gasteiger partial charge in [0.05, 0.1) is 12.1 Å². The van der Waals surface area contributed by atoms with E-state index in [4.69, 9.17) is 10.6 Å². The fourth-order valence-corrected chi connectivity index (χ4v) is 2.32. The molecular weight excluding hydrogens is 243 g/mol. The second-order valence-corrected chi connectivity index (χ2v) is 4.83. The monoisotopic (exact) mass is 268 g/mol. The van der Waals surface area contributed by atoms with Gasteiger partial charge in [0.1, 0.15) is 5.82 Å². The lowest BCUT2D eigenvalue weighted by Crippen LogP contribution is -2.46. The van der Waals surface area contributed by atoms with Crippen LogP contribution in [0.25, 0.3) is 0 Å². The van der Waals surface area contributed by atoms with E-state index in [9.17, 15) is 4.39 Å². The molecule has 19 heavy (non-hydrogen) atoms. The molecule has 1 aromatic carbocycles. The molecule has 0 radical (unpaired) electrons. The molecule has 1 aromatic rings. The van der Waals surface area contributed by atoms with Crippen LogP contribution in [0.15, 0.2) is 18.2 Å². The summed E-state index contributed by atoms with van der Waals surface area (Å²) in [5.41, 5.74) is 4.90. The molecular formula is C15H25FN2O. The van der Waals surface area contributed by atoms with Gasteiger partial charge in [0.15, 0.2) is 0 Å². The first kappa shape index (κ1) is 16.1. The number of hydrazine groups is 1. The molecule has 0 aliphatic rings. The van der Waals surface area contributed by atoms with E-state index in [0.29, 0.717) is 6.61 Å². The van der Waals surface area contributed by atoms with E-state index in [1.165, 1.54) is 6.07 Å². The largest absolute Gasteiger partial charge is 0.377 e. The Labute approximate surface area is 115 Å². The SMILES string of the molecule is CCCC(OCC)C(Cc1ccc(F)cc1C)NN.